The molecule has 0 aliphatic rings. The maximum absolute atomic E-state index is 11.9. The molecule has 0 saturated heterocycles. The van der Waals surface area contributed by atoms with Crippen LogP contribution in [0.25, 0.3) is 0 Å². The van der Waals surface area contributed by atoms with E-state index in [4.69, 9.17) is 9.47 Å². The second kappa shape index (κ2) is 8.53. The highest BCUT2D eigenvalue weighted by atomic mass is 16.5. The van der Waals surface area contributed by atoms with E-state index < -0.39 is 11.9 Å². The Kier molecular flexibility index (Phi) is 6.14. The Morgan fingerprint density at radius 2 is 1.67 bits per heavy atom. The molecule has 24 heavy (non-hydrogen) atoms. The third-order valence-corrected chi connectivity index (χ3v) is 2.88. The molecule has 0 aromatic heterocycles. The molecule has 0 atom stereocenters. The lowest BCUT2D eigenvalue weighted by molar-refractivity contribution is -0.142. The zero-order chi connectivity index (χ0) is 17.4. The summed E-state index contributed by atoms with van der Waals surface area (Å²) in [5.74, 6) is 0.190. The van der Waals surface area contributed by atoms with Crippen molar-refractivity contribution in [3.63, 3.8) is 0 Å². The number of amides is 1. The lowest BCUT2D eigenvalue weighted by Crippen LogP contribution is -2.20. The molecule has 5 nitrogen and oxygen atoms in total. The number of rotatable bonds is 6. The molecule has 0 spiro atoms. The maximum atomic E-state index is 11.9. The first-order valence-corrected chi connectivity index (χ1v) is 7.48. The van der Waals surface area contributed by atoms with Crippen LogP contribution in [0.4, 0.5) is 5.69 Å². The van der Waals surface area contributed by atoms with Gasteiger partial charge in [0.05, 0.1) is 5.69 Å². The van der Waals surface area contributed by atoms with Crippen LogP contribution in [0.2, 0.25) is 0 Å². The van der Waals surface area contributed by atoms with Gasteiger partial charge in [0.25, 0.3) is 5.91 Å². The molecule has 124 valence electrons. The number of hydrogen-bond acceptors (Lipinski definition) is 4. The van der Waals surface area contributed by atoms with Crippen LogP contribution in [0.3, 0.4) is 0 Å². The summed E-state index contributed by atoms with van der Waals surface area (Å²) in [4.78, 5) is 23.4. The summed E-state index contributed by atoms with van der Waals surface area (Å²) in [5, 5.41) is 2.68. The zero-order valence-corrected chi connectivity index (χ0v) is 13.6. The third kappa shape index (κ3) is 5.61. The third-order valence-electron chi connectivity index (χ3n) is 2.88. The second-order valence-electron chi connectivity index (χ2n) is 5.29. The minimum atomic E-state index is -0.543. The van der Waals surface area contributed by atoms with Crippen LogP contribution >= 0.6 is 0 Å². The fraction of sp³-hybridized carbons (Fsp3) is 0.158. The summed E-state index contributed by atoms with van der Waals surface area (Å²) in [6.07, 6.45) is 1.33. The predicted molar refractivity (Wildman–Crippen MR) is 92.0 cm³/mol. The molecule has 2 aromatic rings. The van der Waals surface area contributed by atoms with E-state index in [0.29, 0.717) is 17.2 Å². The number of allylic oxidation sites excluding steroid dienone is 1. The fourth-order valence-electron chi connectivity index (χ4n) is 1.87. The van der Waals surface area contributed by atoms with Gasteiger partial charge in [0.2, 0.25) is 0 Å². The first-order valence-electron chi connectivity index (χ1n) is 7.48. The van der Waals surface area contributed by atoms with Crippen molar-refractivity contribution in [3.05, 3.63) is 66.2 Å². The average molecular weight is 325 g/mol. The van der Waals surface area contributed by atoms with Gasteiger partial charge in [-0.15, -0.1) is 0 Å². The second-order valence-corrected chi connectivity index (χ2v) is 5.29. The molecule has 0 bridgehead atoms. The number of hydrogen-bond donors (Lipinski definition) is 1. The molecule has 0 unspecified atom stereocenters. The first kappa shape index (κ1) is 17.3. The Morgan fingerprint density at radius 1 is 1.00 bits per heavy atom. The lowest BCUT2D eigenvalue weighted by atomic mass is 10.3. The molecule has 0 aliphatic heterocycles. The number of carbonyl (C=O) groups excluding carboxylic acids is 2. The van der Waals surface area contributed by atoms with E-state index in [9.17, 15) is 9.59 Å². The van der Waals surface area contributed by atoms with E-state index >= 15 is 0 Å². The summed E-state index contributed by atoms with van der Waals surface area (Å²) in [6.45, 7) is 3.19. The monoisotopic (exact) mass is 325 g/mol. The van der Waals surface area contributed by atoms with Gasteiger partial charge in [-0.25, -0.2) is 4.79 Å². The molecular formula is C19H19NO4. The highest BCUT2D eigenvalue weighted by Gasteiger charge is 2.10. The normalized spacial score (nSPS) is 9.75. The summed E-state index contributed by atoms with van der Waals surface area (Å²) in [7, 11) is 0. The van der Waals surface area contributed by atoms with Gasteiger partial charge in [0.15, 0.2) is 12.4 Å². The van der Waals surface area contributed by atoms with Gasteiger partial charge in [-0.1, -0.05) is 35.9 Å². The molecular weight excluding hydrogens is 306 g/mol. The standard InChI is InChI=1S/C19H19NO4/c1-14(2)12-19(22)23-13-18(21)20-16-10-6-7-11-17(16)24-15-8-4-3-5-9-15/h3-12H,13H2,1-2H3,(H,20,21). The van der Waals surface area contributed by atoms with Crippen LogP contribution in [-0.4, -0.2) is 18.5 Å². The van der Waals surface area contributed by atoms with Crippen LogP contribution in [0, 0.1) is 0 Å². The summed E-state index contributed by atoms with van der Waals surface area (Å²) < 4.78 is 10.6. The molecule has 2 aromatic carbocycles. The Bertz CT molecular complexity index is 734. The number of nitrogens with one attached hydrogen (secondary N) is 1. The lowest BCUT2D eigenvalue weighted by Gasteiger charge is -2.12. The molecule has 1 amide bonds. The van der Waals surface area contributed by atoms with E-state index in [0.717, 1.165) is 5.57 Å². The van der Waals surface area contributed by atoms with Gasteiger partial charge in [0, 0.05) is 6.08 Å². The molecule has 0 aliphatic carbocycles. The van der Waals surface area contributed by atoms with Crippen LogP contribution in [-0.2, 0) is 14.3 Å². The Morgan fingerprint density at radius 3 is 2.38 bits per heavy atom. The minimum absolute atomic E-state index is 0.359. The van der Waals surface area contributed by atoms with Crippen molar-refractivity contribution in [2.45, 2.75) is 13.8 Å². The van der Waals surface area contributed by atoms with Crippen molar-refractivity contribution in [1.29, 1.82) is 0 Å². The fourth-order valence-corrected chi connectivity index (χ4v) is 1.87. The average Bonchev–Trinajstić information content (AvgIpc) is 2.55. The van der Waals surface area contributed by atoms with E-state index in [-0.39, 0.29) is 6.61 Å². The van der Waals surface area contributed by atoms with E-state index in [1.54, 1.807) is 32.0 Å². The molecule has 0 saturated carbocycles. The van der Waals surface area contributed by atoms with Gasteiger partial charge in [-0.2, -0.15) is 0 Å². The van der Waals surface area contributed by atoms with Crippen LogP contribution < -0.4 is 10.1 Å². The SMILES string of the molecule is CC(C)=CC(=O)OCC(=O)Nc1ccccc1Oc1ccccc1. The van der Waals surface area contributed by atoms with Gasteiger partial charge < -0.3 is 14.8 Å². The van der Waals surface area contributed by atoms with E-state index in [2.05, 4.69) is 5.32 Å². The summed E-state index contributed by atoms with van der Waals surface area (Å²) in [6, 6.07) is 16.3. The van der Waals surface area contributed by atoms with Gasteiger partial charge >= 0.3 is 5.97 Å². The quantitative estimate of drug-likeness (QED) is 0.645. The Hall–Kier alpha value is -3.08. The van der Waals surface area contributed by atoms with Crippen molar-refractivity contribution in [2.75, 3.05) is 11.9 Å². The van der Waals surface area contributed by atoms with Crippen LogP contribution in [0.1, 0.15) is 13.8 Å². The van der Waals surface area contributed by atoms with E-state index in [1.807, 2.05) is 36.4 Å². The summed E-state index contributed by atoms with van der Waals surface area (Å²) >= 11 is 0. The zero-order valence-electron chi connectivity index (χ0n) is 13.6. The van der Waals surface area contributed by atoms with Crippen LogP contribution in [0.5, 0.6) is 11.5 Å². The molecule has 1 N–H and O–H groups in total. The number of benzene rings is 2. The maximum Gasteiger partial charge on any atom is 0.331 e. The van der Waals surface area contributed by atoms with Crippen molar-refractivity contribution in [3.8, 4) is 11.5 Å². The predicted octanol–water partition coefficient (Wildman–Crippen LogP) is 3.93. The van der Waals surface area contributed by atoms with Crippen molar-refractivity contribution >= 4 is 17.6 Å². The number of esters is 1. The topological polar surface area (TPSA) is 64.6 Å². The van der Waals surface area contributed by atoms with Crippen molar-refractivity contribution in [1.82, 2.24) is 0 Å². The Balaban J connectivity index is 1.98. The highest BCUT2D eigenvalue weighted by molar-refractivity contribution is 5.95. The highest BCUT2D eigenvalue weighted by Crippen LogP contribution is 2.28. The van der Waals surface area contributed by atoms with Gasteiger partial charge in [0.1, 0.15) is 5.75 Å². The van der Waals surface area contributed by atoms with Gasteiger partial charge in [-0.3, -0.25) is 4.79 Å². The molecule has 2 rings (SSSR count). The smallest absolute Gasteiger partial charge is 0.331 e. The van der Waals surface area contributed by atoms with Crippen molar-refractivity contribution in [2.24, 2.45) is 0 Å². The number of anilines is 1. The van der Waals surface area contributed by atoms with Crippen molar-refractivity contribution < 1.29 is 19.1 Å². The number of carbonyl (C=O) groups is 2. The molecule has 0 fully saturated rings. The van der Waals surface area contributed by atoms with Gasteiger partial charge in [-0.05, 0) is 38.1 Å². The summed E-state index contributed by atoms with van der Waals surface area (Å²) in [5.41, 5.74) is 1.31. The molecule has 0 radical (unpaired) electrons. The minimum Gasteiger partial charge on any atom is -0.455 e. The number of ether oxygens (including phenoxy) is 2. The number of para-hydroxylation sites is 3. The first-order chi connectivity index (χ1) is 11.5. The molecule has 5 heteroatoms. The van der Waals surface area contributed by atoms with Crippen LogP contribution in [0.15, 0.2) is 66.2 Å². The largest absolute Gasteiger partial charge is 0.455 e. The van der Waals surface area contributed by atoms with E-state index in [1.165, 1.54) is 6.08 Å². The Labute approximate surface area is 140 Å². The molecule has 0 heterocycles.